The van der Waals surface area contributed by atoms with Crippen LogP contribution in [-0.2, 0) is 18.3 Å². The summed E-state index contributed by atoms with van der Waals surface area (Å²) in [4.78, 5) is 2.40. The summed E-state index contributed by atoms with van der Waals surface area (Å²) in [5, 5.41) is 9.33. The Hall–Kier alpha value is -2.18. The lowest BCUT2D eigenvalue weighted by Crippen LogP contribution is -2.38. The Morgan fingerprint density at radius 3 is 3.00 bits per heavy atom. The van der Waals surface area contributed by atoms with Gasteiger partial charge in [0.15, 0.2) is 5.82 Å². The molecule has 0 bridgehead atoms. The molecule has 120 valence electrons. The van der Waals surface area contributed by atoms with E-state index in [1.807, 2.05) is 30.7 Å². The summed E-state index contributed by atoms with van der Waals surface area (Å²) in [6, 6.07) is 8.21. The van der Waals surface area contributed by atoms with Crippen molar-refractivity contribution in [2.45, 2.75) is 19.6 Å². The van der Waals surface area contributed by atoms with E-state index in [1.165, 1.54) is 10.9 Å². The summed E-state index contributed by atoms with van der Waals surface area (Å²) >= 11 is 0. The predicted octanol–water partition coefficient (Wildman–Crippen LogP) is 2.44. The number of furan rings is 1. The Balaban J connectivity index is 1.56. The number of morpholine rings is 1. The van der Waals surface area contributed by atoms with E-state index >= 15 is 0 Å². The highest BCUT2D eigenvalue weighted by atomic mass is 16.5. The minimum atomic E-state index is -0.0327. The molecular weight excluding hydrogens is 292 g/mol. The molecule has 1 saturated heterocycles. The Morgan fingerprint density at radius 2 is 2.17 bits per heavy atom. The zero-order valence-corrected chi connectivity index (χ0v) is 13.4. The maximum atomic E-state index is 5.88. The summed E-state index contributed by atoms with van der Waals surface area (Å²) in [5.74, 6) is 1.87. The summed E-state index contributed by atoms with van der Waals surface area (Å²) in [5.41, 5.74) is 2.22. The van der Waals surface area contributed by atoms with Gasteiger partial charge in [-0.25, -0.2) is 0 Å². The van der Waals surface area contributed by atoms with Gasteiger partial charge in [-0.3, -0.25) is 4.90 Å². The van der Waals surface area contributed by atoms with E-state index < -0.39 is 0 Å². The van der Waals surface area contributed by atoms with Gasteiger partial charge in [-0.1, -0.05) is 18.2 Å². The number of rotatable bonds is 3. The van der Waals surface area contributed by atoms with Crippen LogP contribution >= 0.6 is 0 Å². The molecule has 6 nitrogen and oxygen atoms in total. The average Bonchev–Trinajstić information content (AvgIpc) is 3.12. The molecule has 1 atom stereocenters. The monoisotopic (exact) mass is 312 g/mol. The van der Waals surface area contributed by atoms with Crippen molar-refractivity contribution >= 4 is 11.0 Å². The van der Waals surface area contributed by atoms with Gasteiger partial charge >= 0.3 is 0 Å². The average molecular weight is 312 g/mol. The summed E-state index contributed by atoms with van der Waals surface area (Å²) in [6.07, 6.45) is 1.68. The third-order valence-corrected chi connectivity index (χ3v) is 4.47. The third-order valence-electron chi connectivity index (χ3n) is 4.47. The first-order valence-electron chi connectivity index (χ1n) is 7.87. The lowest BCUT2D eigenvalue weighted by Gasteiger charge is -2.32. The molecule has 3 heterocycles. The van der Waals surface area contributed by atoms with Crippen molar-refractivity contribution in [2.75, 3.05) is 19.7 Å². The second-order valence-electron chi connectivity index (χ2n) is 6.03. The number of aryl methyl sites for hydroxylation is 2. The number of fused-ring (bicyclic) bond motifs is 1. The Bertz CT molecular complexity index is 823. The second kappa shape index (κ2) is 5.79. The molecule has 6 heteroatoms. The van der Waals surface area contributed by atoms with Gasteiger partial charge in [0.05, 0.1) is 6.61 Å². The lowest BCUT2D eigenvalue weighted by atomic mass is 10.1. The molecule has 0 unspecified atom stereocenters. The Morgan fingerprint density at radius 1 is 1.30 bits per heavy atom. The number of benzene rings is 1. The van der Waals surface area contributed by atoms with Crippen LogP contribution in [0.2, 0.25) is 0 Å². The molecule has 0 saturated carbocycles. The van der Waals surface area contributed by atoms with E-state index in [1.54, 1.807) is 6.33 Å². The van der Waals surface area contributed by atoms with E-state index in [2.05, 4.69) is 27.2 Å². The molecule has 0 amide bonds. The molecule has 1 aliphatic rings. The fraction of sp³-hybridized carbons (Fsp3) is 0.412. The van der Waals surface area contributed by atoms with Gasteiger partial charge in [0.1, 0.15) is 23.8 Å². The van der Waals surface area contributed by atoms with Crippen LogP contribution in [0, 0.1) is 6.92 Å². The first-order chi connectivity index (χ1) is 11.2. The number of hydrogen-bond donors (Lipinski definition) is 0. The lowest BCUT2D eigenvalue weighted by molar-refractivity contribution is -0.0385. The molecule has 0 aliphatic carbocycles. The van der Waals surface area contributed by atoms with E-state index in [0.29, 0.717) is 6.61 Å². The molecular formula is C17H20N4O2. The number of aromatic nitrogens is 3. The van der Waals surface area contributed by atoms with Crippen LogP contribution < -0.4 is 0 Å². The molecule has 0 spiro atoms. The summed E-state index contributed by atoms with van der Waals surface area (Å²) in [7, 11) is 1.95. The molecule has 3 aromatic rings. The fourth-order valence-electron chi connectivity index (χ4n) is 3.23. The Kier molecular flexibility index (Phi) is 3.63. The molecule has 23 heavy (non-hydrogen) atoms. The quantitative estimate of drug-likeness (QED) is 0.743. The number of nitrogens with zero attached hydrogens (tertiary/aromatic N) is 4. The van der Waals surface area contributed by atoms with Gasteiger partial charge in [-0.15, -0.1) is 10.2 Å². The molecule has 4 rings (SSSR count). The molecule has 2 aromatic heterocycles. The minimum absolute atomic E-state index is 0.0327. The Labute approximate surface area is 134 Å². The van der Waals surface area contributed by atoms with Crippen LogP contribution in [0.25, 0.3) is 11.0 Å². The predicted molar refractivity (Wildman–Crippen MR) is 85.9 cm³/mol. The number of para-hydroxylation sites is 1. The van der Waals surface area contributed by atoms with Crippen LogP contribution in [0.15, 0.2) is 35.0 Å². The van der Waals surface area contributed by atoms with Crippen LogP contribution in [-0.4, -0.2) is 39.4 Å². The molecule has 0 radical (unpaired) electrons. The van der Waals surface area contributed by atoms with Crippen LogP contribution in [0.4, 0.5) is 0 Å². The zero-order chi connectivity index (χ0) is 15.8. The van der Waals surface area contributed by atoms with Crippen molar-refractivity contribution in [2.24, 2.45) is 7.05 Å². The zero-order valence-electron chi connectivity index (χ0n) is 13.4. The van der Waals surface area contributed by atoms with E-state index in [9.17, 15) is 0 Å². The SMILES string of the molecule is Cc1oc2ccccc2c1CN1CCO[C@@H](c2nncn2C)C1. The fourth-order valence-corrected chi connectivity index (χ4v) is 3.23. The molecule has 1 aliphatic heterocycles. The maximum Gasteiger partial charge on any atom is 0.163 e. The third kappa shape index (κ3) is 2.64. The topological polar surface area (TPSA) is 56.3 Å². The number of ether oxygens (including phenoxy) is 1. The van der Waals surface area contributed by atoms with Crippen molar-refractivity contribution in [3.05, 3.63) is 47.7 Å². The smallest absolute Gasteiger partial charge is 0.163 e. The van der Waals surface area contributed by atoms with Gasteiger partial charge in [0, 0.05) is 37.6 Å². The number of hydrogen-bond acceptors (Lipinski definition) is 5. The van der Waals surface area contributed by atoms with Crippen LogP contribution in [0.1, 0.15) is 23.3 Å². The van der Waals surface area contributed by atoms with Crippen molar-refractivity contribution < 1.29 is 9.15 Å². The van der Waals surface area contributed by atoms with Crippen molar-refractivity contribution in [3.8, 4) is 0 Å². The summed E-state index contributed by atoms with van der Waals surface area (Å²) < 4.78 is 13.7. The van der Waals surface area contributed by atoms with Crippen molar-refractivity contribution in [1.29, 1.82) is 0 Å². The van der Waals surface area contributed by atoms with Gasteiger partial charge < -0.3 is 13.7 Å². The van der Waals surface area contributed by atoms with Crippen LogP contribution in [0.5, 0.6) is 0 Å². The first kappa shape index (κ1) is 14.4. The largest absolute Gasteiger partial charge is 0.461 e. The van der Waals surface area contributed by atoms with Gasteiger partial charge in [-0.05, 0) is 13.0 Å². The molecule has 1 fully saturated rings. The van der Waals surface area contributed by atoms with E-state index in [0.717, 1.165) is 36.8 Å². The van der Waals surface area contributed by atoms with E-state index in [-0.39, 0.29) is 6.10 Å². The minimum Gasteiger partial charge on any atom is -0.461 e. The standard InChI is InChI=1S/C17H20N4O2/c1-12-14(13-5-3-4-6-15(13)23-12)9-21-7-8-22-16(10-21)17-19-18-11-20(17)2/h3-6,11,16H,7-10H2,1-2H3/t16-/m1/s1. The van der Waals surface area contributed by atoms with Crippen molar-refractivity contribution in [3.63, 3.8) is 0 Å². The van der Waals surface area contributed by atoms with Crippen molar-refractivity contribution in [1.82, 2.24) is 19.7 Å². The normalized spacial score (nSPS) is 19.5. The van der Waals surface area contributed by atoms with Gasteiger partial charge in [0.25, 0.3) is 0 Å². The maximum absolute atomic E-state index is 5.88. The molecule has 1 aromatic carbocycles. The first-order valence-corrected chi connectivity index (χ1v) is 7.87. The highest BCUT2D eigenvalue weighted by Crippen LogP contribution is 2.28. The molecule has 0 N–H and O–H groups in total. The van der Waals surface area contributed by atoms with Crippen LogP contribution in [0.3, 0.4) is 0 Å². The van der Waals surface area contributed by atoms with Gasteiger partial charge in [0.2, 0.25) is 0 Å². The highest BCUT2D eigenvalue weighted by molar-refractivity contribution is 5.82. The van der Waals surface area contributed by atoms with Gasteiger partial charge in [-0.2, -0.15) is 0 Å². The van der Waals surface area contributed by atoms with E-state index in [4.69, 9.17) is 9.15 Å². The second-order valence-corrected chi connectivity index (χ2v) is 6.03. The highest BCUT2D eigenvalue weighted by Gasteiger charge is 2.26. The summed E-state index contributed by atoms with van der Waals surface area (Å²) in [6.45, 7) is 5.32.